The molecular weight excluding hydrogens is 205 g/mol. The lowest BCUT2D eigenvalue weighted by Crippen LogP contribution is -1.90. The monoisotopic (exact) mass is 217 g/mol. The summed E-state index contributed by atoms with van der Waals surface area (Å²) in [4.78, 5) is 20.0. The van der Waals surface area contributed by atoms with Gasteiger partial charge in [0, 0.05) is 17.1 Å². The highest BCUT2D eigenvalue weighted by molar-refractivity contribution is 7.46. The molecule has 0 unspecified atom stereocenters. The van der Waals surface area contributed by atoms with E-state index < -0.39 is 25.7 Å². The lowest BCUT2D eigenvalue weighted by atomic mass is 10.2. The summed E-state index contributed by atoms with van der Waals surface area (Å²) in [6.07, 6.45) is -0.112. The topological polar surface area (TPSA) is 82.6 Å². The van der Waals surface area contributed by atoms with Crippen LogP contribution in [0.2, 0.25) is 0 Å². The van der Waals surface area contributed by atoms with Crippen LogP contribution in [-0.4, -0.2) is 14.8 Å². The molecule has 6 heteroatoms. The predicted molar refractivity (Wildman–Crippen MR) is 51.0 cm³/mol. The van der Waals surface area contributed by atoms with Crippen molar-refractivity contribution in [2.45, 2.75) is 0 Å². The molecule has 0 aliphatic rings. The van der Waals surface area contributed by atoms with Crippen molar-refractivity contribution in [2.75, 3.05) is 0 Å². The predicted octanol–water partition coefficient (Wildman–Crippen LogP) is 1.64. The van der Waals surface area contributed by atoms with E-state index in [0.29, 0.717) is 0 Å². The van der Waals surface area contributed by atoms with E-state index in [9.17, 15) is 4.57 Å². The molecule has 0 aliphatic heterocycles. The summed E-state index contributed by atoms with van der Waals surface area (Å²) in [5.74, 6) is -0.505. The first-order valence-corrected chi connectivity index (χ1v) is 5.08. The number of rotatable bonds is 2. The van der Waals surface area contributed by atoms with E-state index in [4.69, 9.17) is 15.3 Å². The Balaban J connectivity index is 2.82. The first-order valence-electron chi connectivity index (χ1n) is 5.55. The summed E-state index contributed by atoms with van der Waals surface area (Å²) < 4.78 is 45.2. The van der Waals surface area contributed by atoms with Gasteiger partial charge in [-0.05, 0) is 18.2 Å². The van der Waals surface area contributed by atoms with Crippen LogP contribution < -0.4 is 4.52 Å². The van der Waals surface area contributed by atoms with E-state index in [2.05, 4.69) is 9.51 Å². The SMILES string of the molecule is [2H]c1cc2c(OP(=O)(O)O)c([2H])c([2H])c([2H])c2[nH]1. The maximum atomic E-state index is 10.8. The van der Waals surface area contributed by atoms with Crippen molar-refractivity contribution in [3.05, 3.63) is 30.4 Å². The molecular formula is C8H8NO4P. The molecule has 2 rings (SSSR count). The van der Waals surface area contributed by atoms with Crippen LogP contribution in [0.25, 0.3) is 10.9 Å². The van der Waals surface area contributed by atoms with Gasteiger partial charge in [-0.1, -0.05) is 6.04 Å². The first kappa shape index (κ1) is 5.56. The molecule has 0 saturated carbocycles. The third kappa shape index (κ3) is 1.80. The number of hydrogen-bond donors (Lipinski definition) is 3. The molecule has 0 aliphatic carbocycles. The Bertz CT molecular complexity index is 680. The highest BCUT2D eigenvalue weighted by Gasteiger charge is 2.17. The van der Waals surface area contributed by atoms with Gasteiger partial charge in [-0.2, -0.15) is 0 Å². The standard InChI is InChI=1S/C8H8NO4P/c10-14(11,12)13-8-3-1-2-7-6(8)4-5-9-7/h1-5,9H,(H2,10,11,12)/i1D,2D,3D,5D. The number of nitrogens with one attached hydrogen (secondary N) is 1. The largest absolute Gasteiger partial charge is 0.524 e. The zero-order chi connectivity index (χ0) is 13.7. The fourth-order valence-electron chi connectivity index (χ4n) is 1.01. The number of H-pyrrole nitrogens is 1. The van der Waals surface area contributed by atoms with E-state index in [1.54, 1.807) is 0 Å². The van der Waals surface area contributed by atoms with Gasteiger partial charge in [0.2, 0.25) is 0 Å². The Morgan fingerprint density at radius 2 is 2.29 bits per heavy atom. The molecule has 0 saturated heterocycles. The van der Waals surface area contributed by atoms with Gasteiger partial charge in [0.1, 0.15) is 5.75 Å². The molecule has 3 N–H and O–H groups in total. The zero-order valence-electron chi connectivity index (χ0n) is 10.7. The van der Waals surface area contributed by atoms with Crippen molar-refractivity contribution in [3.8, 4) is 5.75 Å². The molecule has 2 aromatic rings. The number of phosphoric ester groups is 1. The molecule has 1 aromatic heterocycles. The average Bonchev–Trinajstić information content (AvgIpc) is 2.62. The second-order valence-electron chi connectivity index (χ2n) is 2.49. The van der Waals surface area contributed by atoms with Gasteiger partial charge in [-0.15, -0.1) is 0 Å². The van der Waals surface area contributed by atoms with Crippen molar-refractivity contribution in [3.63, 3.8) is 0 Å². The molecule has 5 nitrogen and oxygen atoms in total. The molecule has 1 heterocycles. The highest BCUT2D eigenvalue weighted by atomic mass is 31.2. The van der Waals surface area contributed by atoms with Crippen LogP contribution in [0, 0.1) is 0 Å². The summed E-state index contributed by atoms with van der Waals surface area (Å²) in [6, 6.07) is -0.287. The molecule has 0 radical (unpaired) electrons. The van der Waals surface area contributed by atoms with Gasteiger partial charge < -0.3 is 9.51 Å². The molecule has 14 heavy (non-hydrogen) atoms. The highest BCUT2D eigenvalue weighted by Crippen LogP contribution is 2.40. The number of phosphoric acid groups is 1. The van der Waals surface area contributed by atoms with Gasteiger partial charge in [0.05, 0.1) is 5.48 Å². The van der Waals surface area contributed by atoms with Crippen LogP contribution in [-0.2, 0) is 4.57 Å². The average molecular weight is 217 g/mol. The number of benzene rings is 1. The minimum Gasteiger partial charge on any atom is -0.404 e. The molecule has 0 bridgehead atoms. The Morgan fingerprint density at radius 3 is 3.00 bits per heavy atom. The number of aromatic amines is 1. The zero-order valence-corrected chi connectivity index (χ0v) is 7.63. The first-order chi connectivity index (χ1) is 8.20. The molecule has 1 aromatic carbocycles. The van der Waals surface area contributed by atoms with Crippen LogP contribution in [0.5, 0.6) is 5.75 Å². The van der Waals surface area contributed by atoms with Crippen LogP contribution in [0.1, 0.15) is 5.48 Å². The summed E-state index contributed by atoms with van der Waals surface area (Å²) in [5.41, 5.74) is 0.0319. The third-order valence-corrected chi connectivity index (χ3v) is 1.92. The lowest BCUT2D eigenvalue weighted by molar-refractivity contribution is 0.284. The summed E-state index contributed by atoms with van der Waals surface area (Å²) >= 11 is 0. The van der Waals surface area contributed by atoms with Gasteiger partial charge in [-0.3, -0.25) is 9.79 Å². The van der Waals surface area contributed by atoms with Crippen LogP contribution >= 0.6 is 7.82 Å². The molecule has 0 fully saturated rings. The van der Waals surface area contributed by atoms with E-state index in [-0.39, 0.29) is 23.1 Å². The van der Waals surface area contributed by atoms with Gasteiger partial charge in [0.15, 0.2) is 0 Å². The van der Waals surface area contributed by atoms with Crippen LogP contribution in [0.4, 0.5) is 0 Å². The van der Waals surface area contributed by atoms with Crippen molar-refractivity contribution in [1.29, 1.82) is 0 Å². The Hall–Kier alpha value is -1.29. The minimum absolute atomic E-state index is 0.0225. The quantitative estimate of drug-likeness (QED) is 0.668. The van der Waals surface area contributed by atoms with E-state index in [1.165, 1.54) is 6.07 Å². The second kappa shape index (κ2) is 3.13. The Morgan fingerprint density at radius 1 is 1.50 bits per heavy atom. The fourth-order valence-corrected chi connectivity index (χ4v) is 1.39. The fraction of sp³-hybridized carbons (Fsp3) is 0. The van der Waals surface area contributed by atoms with Crippen molar-refractivity contribution in [2.24, 2.45) is 0 Å². The Labute approximate surface area is 85.2 Å². The molecule has 0 atom stereocenters. The van der Waals surface area contributed by atoms with Gasteiger partial charge in [0.25, 0.3) is 0 Å². The van der Waals surface area contributed by atoms with Crippen LogP contribution in [0.15, 0.2) is 30.4 Å². The molecule has 0 amide bonds. The lowest BCUT2D eigenvalue weighted by Gasteiger charge is -2.07. The molecule has 74 valence electrons. The van der Waals surface area contributed by atoms with E-state index in [1.807, 2.05) is 0 Å². The number of fused-ring (bicyclic) bond motifs is 1. The second-order valence-corrected chi connectivity index (χ2v) is 3.65. The van der Waals surface area contributed by atoms with Crippen molar-refractivity contribution >= 4 is 18.7 Å². The third-order valence-electron chi connectivity index (χ3n) is 1.50. The van der Waals surface area contributed by atoms with Gasteiger partial charge >= 0.3 is 7.82 Å². The summed E-state index contributed by atoms with van der Waals surface area (Å²) in [6.45, 7) is 0. The normalized spacial score (nSPS) is 15.9. The van der Waals surface area contributed by atoms with Gasteiger partial charge in [-0.25, -0.2) is 4.57 Å². The number of hydrogen-bond acceptors (Lipinski definition) is 2. The summed E-state index contributed by atoms with van der Waals surface area (Å²) in [7, 11) is -4.88. The van der Waals surface area contributed by atoms with Crippen molar-refractivity contribution in [1.82, 2.24) is 4.98 Å². The maximum absolute atomic E-state index is 10.8. The van der Waals surface area contributed by atoms with Crippen LogP contribution in [0.3, 0.4) is 0 Å². The molecule has 0 spiro atoms. The Kier molecular flexibility index (Phi) is 1.24. The summed E-state index contributed by atoms with van der Waals surface area (Å²) in [5, 5.41) is 0.0225. The van der Waals surface area contributed by atoms with Crippen molar-refractivity contribution < 1.29 is 24.4 Å². The number of aromatic nitrogens is 1. The van der Waals surface area contributed by atoms with E-state index >= 15 is 0 Å². The maximum Gasteiger partial charge on any atom is 0.524 e. The van der Waals surface area contributed by atoms with E-state index in [0.717, 1.165) is 0 Å². The smallest absolute Gasteiger partial charge is 0.404 e. The minimum atomic E-state index is -4.88.